The molecule has 0 fully saturated rings. The Kier molecular flexibility index (Phi) is 5.37. The minimum Gasteiger partial charge on any atom is -0.325 e. The van der Waals surface area contributed by atoms with Crippen molar-refractivity contribution >= 4 is 23.4 Å². The van der Waals surface area contributed by atoms with Gasteiger partial charge in [0, 0.05) is 11.8 Å². The molecule has 17 heavy (non-hydrogen) atoms. The number of halogens is 2. The standard InChI is InChI=1S/C11H14F2N2OS/c1-17-5-4-10(14)11(16)15-7-2-3-8(12)9(13)6-7/h2-3,6,10H,4-5,14H2,1H3,(H,15,16)/t10-/m1/s1. The quantitative estimate of drug-likeness (QED) is 0.851. The summed E-state index contributed by atoms with van der Waals surface area (Å²) >= 11 is 1.59. The van der Waals surface area contributed by atoms with Crippen LogP contribution in [0, 0.1) is 11.6 Å². The Hall–Kier alpha value is -1.14. The molecule has 3 nitrogen and oxygen atoms in total. The van der Waals surface area contributed by atoms with E-state index in [1.807, 2.05) is 6.26 Å². The molecule has 0 aliphatic carbocycles. The molecule has 0 radical (unpaired) electrons. The Morgan fingerprint density at radius 3 is 2.76 bits per heavy atom. The molecule has 1 aromatic carbocycles. The van der Waals surface area contributed by atoms with Gasteiger partial charge in [-0.05, 0) is 30.6 Å². The van der Waals surface area contributed by atoms with Crippen molar-refractivity contribution in [1.29, 1.82) is 0 Å². The summed E-state index contributed by atoms with van der Waals surface area (Å²) in [7, 11) is 0. The van der Waals surface area contributed by atoms with Crippen molar-refractivity contribution in [3.8, 4) is 0 Å². The summed E-state index contributed by atoms with van der Waals surface area (Å²) in [6.45, 7) is 0. The van der Waals surface area contributed by atoms with Crippen molar-refractivity contribution < 1.29 is 13.6 Å². The van der Waals surface area contributed by atoms with Crippen molar-refractivity contribution in [3.63, 3.8) is 0 Å². The minimum absolute atomic E-state index is 0.202. The molecule has 0 bridgehead atoms. The summed E-state index contributed by atoms with van der Waals surface area (Å²) in [6, 6.07) is 2.53. The van der Waals surface area contributed by atoms with E-state index >= 15 is 0 Å². The fourth-order valence-corrected chi connectivity index (χ4v) is 1.67. The van der Waals surface area contributed by atoms with E-state index in [0.29, 0.717) is 6.42 Å². The van der Waals surface area contributed by atoms with Crippen LogP contribution in [0.2, 0.25) is 0 Å². The van der Waals surface area contributed by atoms with E-state index in [9.17, 15) is 13.6 Å². The van der Waals surface area contributed by atoms with Crippen LogP contribution in [0.5, 0.6) is 0 Å². The average Bonchev–Trinajstić information content (AvgIpc) is 2.30. The first-order valence-electron chi connectivity index (χ1n) is 5.05. The molecule has 0 heterocycles. The van der Waals surface area contributed by atoms with Gasteiger partial charge in [0.25, 0.3) is 0 Å². The zero-order valence-electron chi connectivity index (χ0n) is 9.37. The van der Waals surface area contributed by atoms with Gasteiger partial charge in [0.15, 0.2) is 11.6 Å². The normalized spacial score (nSPS) is 12.2. The highest BCUT2D eigenvalue weighted by Crippen LogP contribution is 2.13. The molecule has 1 aromatic rings. The number of nitrogens with one attached hydrogen (secondary N) is 1. The molecule has 0 aliphatic heterocycles. The van der Waals surface area contributed by atoms with Gasteiger partial charge in [-0.3, -0.25) is 4.79 Å². The van der Waals surface area contributed by atoms with E-state index in [-0.39, 0.29) is 5.69 Å². The Labute approximate surface area is 103 Å². The van der Waals surface area contributed by atoms with Crippen molar-refractivity contribution in [2.45, 2.75) is 12.5 Å². The Morgan fingerprint density at radius 2 is 2.18 bits per heavy atom. The number of hydrogen-bond acceptors (Lipinski definition) is 3. The third-order valence-electron chi connectivity index (χ3n) is 2.16. The maximum Gasteiger partial charge on any atom is 0.241 e. The Balaban J connectivity index is 2.58. The number of carbonyl (C=O) groups is 1. The van der Waals surface area contributed by atoms with Gasteiger partial charge in [0.1, 0.15) is 0 Å². The summed E-state index contributed by atoms with van der Waals surface area (Å²) in [5, 5.41) is 2.44. The fourth-order valence-electron chi connectivity index (χ4n) is 1.18. The van der Waals surface area contributed by atoms with Crippen LogP contribution in [0.1, 0.15) is 6.42 Å². The fraction of sp³-hybridized carbons (Fsp3) is 0.364. The number of benzene rings is 1. The monoisotopic (exact) mass is 260 g/mol. The highest BCUT2D eigenvalue weighted by molar-refractivity contribution is 7.98. The molecule has 1 rings (SSSR count). The molecule has 94 valence electrons. The number of amides is 1. The predicted molar refractivity (Wildman–Crippen MR) is 66.0 cm³/mol. The van der Waals surface area contributed by atoms with Crippen molar-refractivity contribution in [3.05, 3.63) is 29.8 Å². The lowest BCUT2D eigenvalue weighted by Crippen LogP contribution is -2.36. The number of carbonyl (C=O) groups excluding carboxylic acids is 1. The second-order valence-corrected chi connectivity index (χ2v) is 4.49. The van der Waals surface area contributed by atoms with Crippen molar-refractivity contribution in [2.24, 2.45) is 5.73 Å². The van der Waals surface area contributed by atoms with Crippen LogP contribution in [0.15, 0.2) is 18.2 Å². The van der Waals surface area contributed by atoms with Gasteiger partial charge in [-0.25, -0.2) is 8.78 Å². The summed E-state index contributed by atoms with van der Waals surface area (Å²) in [5.74, 6) is -1.58. The summed E-state index contributed by atoms with van der Waals surface area (Å²) < 4.78 is 25.5. The summed E-state index contributed by atoms with van der Waals surface area (Å²) in [4.78, 5) is 11.6. The highest BCUT2D eigenvalue weighted by Gasteiger charge is 2.13. The van der Waals surface area contributed by atoms with E-state index < -0.39 is 23.6 Å². The second-order valence-electron chi connectivity index (χ2n) is 3.51. The smallest absolute Gasteiger partial charge is 0.241 e. The van der Waals surface area contributed by atoms with Crippen LogP contribution in [-0.2, 0) is 4.79 Å². The van der Waals surface area contributed by atoms with Crippen LogP contribution in [0.3, 0.4) is 0 Å². The highest BCUT2D eigenvalue weighted by atomic mass is 32.2. The van der Waals surface area contributed by atoms with Crippen LogP contribution in [0.25, 0.3) is 0 Å². The molecule has 0 aliphatic rings. The van der Waals surface area contributed by atoms with Gasteiger partial charge in [-0.1, -0.05) is 0 Å². The molecular weight excluding hydrogens is 246 g/mol. The van der Waals surface area contributed by atoms with E-state index in [0.717, 1.165) is 17.9 Å². The van der Waals surface area contributed by atoms with Gasteiger partial charge >= 0.3 is 0 Å². The molecule has 1 atom stereocenters. The van der Waals surface area contributed by atoms with Crippen LogP contribution in [-0.4, -0.2) is 24.0 Å². The lowest BCUT2D eigenvalue weighted by atomic mass is 10.2. The topological polar surface area (TPSA) is 55.1 Å². The molecular formula is C11H14F2N2OS. The summed E-state index contributed by atoms with van der Waals surface area (Å²) in [5.41, 5.74) is 5.83. The van der Waals surface area contributed by atoms with Crippen molar-refractivity contribution in [1.82, 2.24) is 0 Å². The largest absolute Gasteiger partial charge is 0.325 e. The van der Waals surface area contributed by atoms with E-state index in [4.69, 9.17) is 5.73 Å². The molecule has 0 aromatic heterocycles. The van der Waals surface area contributed by atoms with Gasteiger partial charge < -0.3 is 11.1 Å². The second kappa shape index (κ2) is 6.56. The third-order valence-corrected chi connectivity index (χ3v) is 2.80. The minimum atomic E-state index is -1.000. The van der Waals surface area contributed by atoms with E-state index in [2.05, 4.69) is 5.32 Å². The third kappa shape index (κ3) is 4.32. The van der Waals surface area contributed by atoms with Crippen LogP contribution >= 0.6 is 11.8 Å². The maximum atomic E-state index is 12.9. The van der Waals surface area contributed by atoms with E-state index in [1.165, 1.54) is 6.07 Å². The van der Waals surface area contributed by atoms with E-state index in [1.54, 1.807) is 11.8 Å². The number of anilines is 1. The lowest BCUT2D eigenvalue weighted by molar-refractivity contribution is -0.117. The van der Waals surface area contributed by atoms with Crippen molar-refractivity contribution in [2.75, 3.05) is 17.3 Å². The number of nitrogens with two attached hydrogens (primary N) is 1. The van der Waals surface area contributed by atoms with Gasteiger partial charge in [0.2, 0.25) is 5.91 Å². The van der Waals surface area contributed by atoms with Gasteiger partial charge in [-0.15, -0.1) is 0 Å². The molecule has 3 N–H and O–H groups in total. The number of rotatable bonds is 5. The molecule has 0 saturated heterocycles. The Morgan fingerprint density at radius 1 is 1.47 bits per heavy atom. The molecule has 1 amide bonds. The number of hydrogen-bond donors (Lipinski definition) is 2. The molecule has 0 spiro atoms. The molecule has 6 heteroatoms. The zero-order valence-corrected chi connectivity index (χ0v) is 10.2. The van der Waals surface area contributed by atoms with Gasteiger partial charge in [0.05, 0.1) is 6.04 Å². The maximum absolute atomic E-state index is 12.9. The molecule has 0 unspecified atom stereocenters. The first kappa shape index (κ1) is 13.9. The molecule has 0 saturated carbocycles. The zero-order chi connectivity index (χ0) is 12.8. The first-order valence-corrected chi connectivity index (χ1v) is 6.44. The summed E-state index contributed by atoms with van der Waals surface area (Å²) in [6.07, 6.45) is 2.46. The Bertz CT molecular complexity index is 401. The van der Waals surface area contributed by atoms with Crippen LogP contribution in [0.4, 0.5) is 14.5 Å². The predicted octanol–water partition coefficient (Wildman–Crippen LogP) is 1.98. The number of thioether (sulfide) groups is 1. The first-order chi connectivity index (χ1) is 8.04. The van der Waals surface area contributed by atoms with Crippen LogP contribution < -0.4 is 11.1 Å². The lowest BCUT2D eigenvalue weighted by Gasteiger charge is -2.11. The SMILES string of the molecule is CSCC[C@@H](N)C(=O)Nc1ccc(F)c(F)c1. The average molecular weight is 260 g/mol. The van der Waals surface area contributed by atoms with Gasteiger partial charge in [-0.2, -0.15) is 11.8 Å².